The highest BCUT2D eigenvalue weighted by atomic mass is 16.5. The summed E-state index contributed by atoms with van der Waals surface area (Å²) >= 11 is 0. The second-order valence-electron chi connectivity index (χ2n) is 5.72. The van der Waals surface area contributed by atoms with Crippen molar-refractivity contribution in [3.05, 3.63) is 24.3 Å². The van der Waals surface area contributed by atoms with E-state index in [9.17, 15) is 9.59 Å². The summed E-state index contributed by atoms with van der Waals surface area (Å²) in [6.45, 7) is 4.53. The molecule has 23 heavy (non-hydrogen) atoms. The zero-order valence-corrected chi connectivity index (χ0v) is 13.7. The number of carboxylic acids is 1. The van der Waals surface area contributed by atoms with Gasteiger partial charge in [0.25, 0.3) is 0 Å². The topological polar surface area (TPSA) is 96.9 Å². The predicted molar refractivity (Wildman–Crippen MR) is 86.9 cm³/mol. The van der Waals surface area contributed by atoms with Gasteiger partial charge in [0.1, 0.15) is 12.4 Å². The third kappa shape index (κ3) is 8.06. The van der Waals surface area contributed by atoms with E-state index >= 15 is 0 Å². The van der Waals surface area contributed by atoms with Crippen LogP contribution < -0.4 is 15.4 Å². The minimum atomic E-state index is -0.885. The predicted octanol–water partition coefficient (Wildman–Crippen LogP) is 2.48. The van der Waals surface area contributed by atoms with Gasteiger partial charge in [0.05, 0.1) is 6.61 Å². The highest BCUT2D eigenvalue weighted by Crippen LogP contribution is 2.16. The number of urea groups is 1. The van der Waals surface area contributed by atoms with Crippen molar-refractivity contribution in [2.45, 2.75) is 32.2 Å². The minimum Gasteiger partial charge on any atom is -0.491 e. The largest absolute Gasteiger partial charge is 0.491 e. The molecule has 0 radical (unpaired) electrons. The molecule has 0 saturated heterocycles. The van der Waals surface area contributed by atoms with Crippen molar-refractivity contribution in [3.8, 4) is 5.75 Å². The molecular weight excluding hydrogens is 300 g/mol. The van der Waals surface area contributed by atoms with Gasteiger partial charge in [-0.2, -0.15) is 0 Å². The van der Waals surface area contributed by atoms with Gasteiger partial charge in [-0.25, -0.2) is 4.79 Å². The van der Waals surface area contributed by atoms with Crippen LogP contribution in [0.4, 0.5) is 10.5 Å². The fraction of sp³-hybridized carbons (Fsp3) is 0.500. The van der Waals surface area contributed by atoms with Crippen LogP contribution in [0.3, 0.4) is 0 Å². The van der Waals surface area contributed by atoms with Crippen molar-refractivity contribution in [2.75, 3.05) is 25.6 Å². The molecule has 1 aromatic carbocycles. The average Bonchev–Trinajstić information content (AvgIpc) is 2.47. The number of anilines is 1. The first kappa shape index (κ1) is 18.8. The number of hydrogen-bond donors (Lipinski definition) is 3. The van der Waals surface area contributed by atoms with Crippen LogP contribution in [0.15, 0.2) is 24.3 Å². The van der Waals surface area contributed by atoms with Crippen LogP contribution in [0, 0.1) is 0 Å². The monoisotopic (exact) mass is 324 g/mol. The Balaban J connectivity index is 2.45. The first-order chi connectivity index (χ1) is 10.8. The maximum Gasteiger partial charge on any atom is 0.319 e. The van der Waals surface area contributed by atoms with Gasteiger partial charge < -0.3 is 25.2 Å². The van der Waals surface area contributed by atoms with Gasteiger partial charge in [-0.3, -0.25) is 4.79 Å². The van der Waals surface area contributed by atoms with Crippen LogP contribution in [0.5, 0.6) is 5.75 Å². The molecule has 2 amide bonds. The first-order valence-corrected chi connectivity index (χ1v) is 7.35. The second kappa shape index (κ2) is 8.99. The van der Waals surface area contributed by atoms with E-state index in [2.05, 4.69) is 10.6 Å². The summed E-state index contributed by atoms with van der Waals surface area (Å²) in [5.41, 5.74) is 0.0155. The summed E-state index contributed by atoms with van der Waals surface area (Å²) in [6, 6.07) is 6.58. The van der Waals surface area contributed by atoms with E-state index in [0.717, 1.165) is 0 Å². The molecule has 1 aromatic rings. The van der Waals surface area contributed by atoms with Crippen LogP contribution in [0.2, 0.25) is 0 Å². The normalized spacial score (nSPS) is 10.9. The molecule has 128 valence electrons. The number of amides is 2. The van der Waals surface area contributed by atoms with Gasteiger partial charge in [-0.15, -0.1) is 0 Å². The third-order valence-electron chi connectivity index (χ3n) is 3.08. The van der Waals surface area contributed by atoms with E-state index in [1.165, 1.54) is 0 Å². The van der Waals surface area contributed by atoms with E-state index in [1.807, 2.05) is 0 Å². The van der Waals surface area contributed by atoms with E-state index in [0.29, 0.717) is 31.1 Å². The molecule has 0 aromatic heterocycles. The van der Waals surface area contributed by atoms with Crippen LogP contribution in [0.1, 0.15) is 26.7 Å². The van der Waals surface area contributed by atoms with Gasteiger partial charge in [-0.05, 0) is 44.5 Å². The number of carboxylic acid groups (broad SMARTS) is 1. The summed E-state index contributed by atoms with van der Waals surface area (Å²) in [6.07, 6.45) is 0.350. The number of nitrogens with one attached hydrogen (secondary N) is 2. The zero-order chi connectivity index (χ0) is 17.3. The Morgan fingerprint density at radius 1 is 1.17 bits per heavy atom. The van der Waals surface area contributed by atoms with E-state index in [-0.39, 0.29) is 12.5 Å². The van der Waals surface area contributed by atoms with Crippen molar-refractivity contribution in [2.24, 2.45) is 0 Å². The van der Waals surface area contributed by atoms with Crippen LogP contribution >= 0.6 is 0 Å². The number of rotatable bonds is 9. The molecule has 0 aliphatic carbocycles. The Hall–Kier alpha value is -2.28. The molecule has 0 aliphatic heterocycles. The quantitative estimate of drug-likeness (QED) is 0.606. The van der Waals surface area contributed by atoms with E-state index in [1.54, 1.807) is 45.2 Å². The van der Waals surface area contributed by atoms with Crippen LogP contribution in [-0.4, -0.2) is 43.0 Å². The Morgan fingerprint density at radius 3 is 2.39 bits per heavy atom. The van der Waals surface area contributed by atoms with Gasteiger partial charge in [-0.1, -0.05) is 0 Å². The molecule has 7 nitrogen and oxygen atoms in total. The summed E-state index contributed by atoms with van der Waals surface area (Å²) in [5, 5.41) is 14.2. The highest BCUT2D eigenvalue weighted by Gasteiger charge is 2.21. The molecule has 0 saturated carbocycles. The lowest BCUT2D eigenvalue weighted by Gasteiger charge is -2.25. The van der Waals surface area contributed by atoms with Gasteiger partial charge >= 0.3 is 12.0 Å². The summed E-state index contributed by atoms with van der Waals surface area (Å²) in [5.74, 6) is -0.195. The Labute approximate surface area is 136 Å². The Morgan fingerprint density at radius 2 is 1.83 bits per heavy atom. The summed E-state index contributed by atoms with van der Waals surface area (Å²) in [7, 11) is 1.60. The second-order valence-corrected chi connectivity index (χ2v) is 5.72. The van der Waals surface area contributed by atoms with Gasteiger partial charge in [0, 0.05) is 24.8 Å². The molecule has 0 bridgehead atoms. The number of benzene rings is 1. The molecule has 3 N–H and O–H groups in total. The highest BCUT2D eigenvalue weighted by molar-refractivity contribution is 5.89. The van der Waals surface area contributed by atoms with Crippen molar-refractivity contribution >= 4 is 17.7 Å². The van der Waals surface area contributed by atoms with Gasteiger partial charge in [0.15, 0.2) is 0 Å². The lowest BCUT2D eigenvalue weighted by Crippen LogP contribution is -2.45. The molecule has 0 atom stereocenters. The molecule has 1 rings (SSSR count). The number of ether oxygens (including phenoxy) is 2. The van der Waals surface area contributed by atoms with E-state index < -0.39 is 11.5 Å². The molecule has 0 fully saturated rings. The van der Waals surface area contributed by atoms with Crippen molar-refractivity contribution < 1.29 is 24.2 Å². The first-order valence-electron chi connectivity index (χ1n) is 7.35. The molecule has 7 heteroatoms. The molecule has 0 spiro atoms. The molecule has 0 aliphatic rings. The summed E-state index contributed by atoms with van der Waals surface area (Å²) < 4.78 is 10.3. The Bertz CT molecular complexity index is 514. The molecular formula is C16H24N2O5. The fourth-order valence-corrected chi connectivity index (χ4v) is 1.83. The van der Waals surface area contributed by atoms with Crippen LogP contribution in [0.25, 0.3) is 0 Å². The SMILES string of the molecule is COCCOc1ccc(NC(=O)NC(C)(C)CCC(=O)O)cc1. The number of methoxy groups -OCH3 is 1. The number of hydrogen-bond acceptors (Lipinski definition) is 4. The minimum absolute atomic E-state index is 0.000784. The standard InChI is InChI=1S/C16H24N2O5/c1-16(2,9-8-14(19)20)18-15(21)17-12-4-6-13(7-5-12)23-11-10-22-3/h4-7H,8-11H2,1-3H3,(H,19,20)(H2,17,18,21). The van der Waals surface area contributed by atoms with Crippen LogP contribution in [-0.2, 0) is 9.53 Å². The lowest BCUT2D eigenvalue weighted by atomic mass is 9.99. The lowest BCUT2D eigenvalue weighted by molar-refractivity contribution is -0.137. The van der Waals surface area contributed by atoms with Gasteiger partial charge in [0.2, 0.25) is 0 Å². The fourth-order valence-electron chi connectivity index (χ4n) is 1.83. The van der Waals surface area contributed by atoms with Crippen molar-refractivity contribution in [3.63, 3.8) is 0 Å². The number of aliphatic carboxylic acids is 1. The summed E-state index contributed by atoms with van der Waals surface area (Å²) in [4.78, 5) is 22.6. The molecule has 0 heterocycles. The van der Waals surface area contributed by atoms with E-state index in [4.69, 9.17) is 14.6 Å². The average molecular weight is 324 g/mol. The van der Waals surface area contributed by atoms with Crippen molar-refractivity contribution in [1.29, 1.82) is 0 Å². The smallest absolute Gasteiger partial charge is 0.319 e. The van der Waals surface area contributed by atoms with Crippen molar-refractivity contribution in [1.82, 2.24) is 5.32 Å². The third-order valence-corrected chi connectivity index (χ3v) is 3.08. The number of carbonyl (C=O) groups excluding carboxylic acids is 1. The number of carbonyl (C=O) groups is 2. The maximum absolute atomic E-state index is 12.0. The zero-order valence-electron chi connectivity index (χ0n) is 13.7. The Kier molecular flexibility index (Phi) is 7.34. The maximum atomic E-state index is 12.0. The molecule has 0 unspecified atom stereocenters.